The van der Waals surface area contributed by atoms with Crippen LogP contribution in [-0.4, -0.2) is 6.61 Å². The molecule has 0 aliphatic heterocycles. The Bertz CT molecular complexity index is 5290. The molecule has 1 aliphatic carbocycles. The number of hydrogen-bond donors (Lipinski definition) is 0. The Morgan fingerprint density at radius 2 is 0.546 bits per heavy atom. The van der Waals surface area contributed by atoms with E-state index < -0.39 is 0 Å². The van der Waals surface area contributed by atoms with Crippen LogP contribution in [0.25, 0.3) is 0 Å². The van der Waals surface area contributed by atoms with Crippen molar-refractivity contribution < 1.29 is 4.74 Å². The Labute approximate surface area is 728 Å². The maximum atomic E-state index is 5.80. The van der Waals surface area contributed by atoms with Gasteiger partial charge in [-0.15, -0.1) is 0 Å². The van der Waals surface area contributed by atoms with Crippen molar-refractivity contribution in [2.24, 2.45) is 0 Å². The van der Waals surface area contributed by atoms with Gasteiger partial charge in [0.1, 0.15) is 5.75 Å². The summed E-state index contributed by atoms with van der Waals surface area (Å²) in [6.07, 6.45) is 9.18. The van der Waals surface area contributed by atoms with Crippen LogP contribution in [0, 0.1) is 34.6 Å². The van der Waals surface area contributed by atoms with Crippen molar-refractivity contribution >= 4 is 54.5 Å². The molecule has 0 amide bonds. The molecule has 15 aromatic rings. The first kappa shape index (κ1) is 88.1. The average Bonchev–Trinajstić information content (AvgIpc) is 0.784. The predicted octanol–water partition coefficient (Wildman–Crippen LogP) is 31.3. The SMILES string of the molecule is CCCCOc1ccc([S+](c2ccccc2)c2ccccc2)cc1.Cc1cc(C(C)(C)C)ccc1[S+](c1ccccc1)c1ccc(C(C)(C)C)cc1.Cc1cc(C)cc([S+](c2ccccc2)c2ccccc2)c1.Cc1ccc([S+](c2ccccc2)c2ccccc2)c(C)c1.c1ccc([S+](c2ccccc2)c2ccc(C3CCCCC3)cc2)cc1. The Balaban J connectivity index is 0.000000137. The first-order chi connectivity index (χ1) is 57.9. The van der Waals surface area contributed by atoms with Crippen LogP contribution in [0.15, 0.2) is 474 Å². The second-order valence-corrected chi connectivity index (χ2v) is 42.6. The summed E-state index contributed by atoms with van der Waals surface area (Å²) in [5, 5.41) is 0. The fraction of sp³-hybridized carbons (Fsp3) is 0.204. The molecule has 0 saturated heterocycles. The number of ether oxygens (including phenoxy) is 1. The van der Waals surface area contributed by atoms with Crippen molar-refractivity contribution in [2.75, 3.05) is 6.61 Å². The van der Waals surface area contributed by atoms with Crippen LogP contribution in [0.1, 0.15) is 144 Å². The molecule has 1 fully saturated rings. The second-order valence-electron chi connectivity index (χ2n) is 32.5. The quantitative estimate of drug-likeness (QED) is 0.0546. The van der Waals surface area contributed by atoms with Crippen molar-refractivity contribution in [3.63, 3.8) is 0 Å². The molecule has 0 heterocycles. The molecule has 0 N–H and O–H groups in total. The van der Waals surface area contributed by atoms with Crippen molar-refractivity contribution in [3.05, 3.63) is 445 Å². The highest BCUT2D eigenvalue weighted by Gasteiger charge is 2.35. The summed E-state index contributed by atoms with van der Waals surface area (Å²) in [6.45, 7) is 27.6. The van der Waals surface area contributed by atoms with Gasteiger partial charge in [-0.2, -0.15) is 0 Å². The van der Waals surface area contributed by atoms with Gasteiger partial charge in [-0.3, -0.25) is 0 Å². The van der Waals surface area contributed by atoms with Crippen molar-refractivity contribution in [1.82, 2.24) is 0 Å². The summed E-state index contributed by atoms with van der Waals surface area (Å²) in [5.74, 6) is 1.73. The van der Waals surface area contributed by atoms with Crippen LogP contribution in [0.5, 0.6) is 5.75 Å². The molecule has 0 bridgehead atoms. The van der Waals surface area contributed by atoms with E-state index in [1.807, 2.05) is 0 Å². The number of aryl methyl sites for hydroxylation is 5. The van der Waals surface area contributed by atoms with Crippen molar-refractivity contribution in [1.29, 1.82) is 0 Å². The molecule has 16 rings (SSSR count). The van der Waals surface area contributed by atoms with Gasteiger partial charge in [-0.05, 0) is 280 Å². The van der Waals surface area contributed by atoms with Crippen LogP contribution in [0.3, 0.4) is 0 Å². The van der Waals surface area contributed by atoms with Gasteiger partial charge in [-0.25, -0.2) is 0 Å². The summed E-state index contributed by atoms with van der Waals surface area (Å²) in [6, 6.07) is 145. The van der Waals surface area contributed by atoms with Gasteiger partial charge in [0.25, 0.3) is 0 Å². The molecule has 1 aliphatic rings. The molecule has 0 radical (unpaired) electrons. The zero-order valence-electron chi connectivity index (χ0n) is 71.8. The highest BCUT2D eigenvalue weighted by Crippen LogP contribution is 2.41. The molecular weight excluding hydrogens is 1530 g/mol. The van der Waals surface area contributed by atoms with E-state index in [0.717, 1.165) is 31.1 Å². The van der Waals surface area contributed by atoms with Gasteiger partial charge < -0.3 is 4.74 Å². The Hall–Kier alpha value is -10.2. The fourth-order valence-corrected chi connectivity index (χ4v) is 25.7. The molecule has 0 aromatic heterocycles. The van der Waals surface area contributed by atoms with Gasteiger partial charge in [0.05, 0.1) is 61.1 Å². The molecule has 6 heteroatoms. The maximum absolute atomic E-state index is 5.80. The lowest BCUT2D eigenvalue weighted by atomic mass is 9.84. The lowest BCUT2D eigenvalue weighted by Gasteiger charge is -2.22. The monoisotopic (exact) mass is 1650 g/mol. The lowest BCUT2D eigenvalue weighted by molar-refractivity contribution is 0.309. The summed E-state index contributed by atoms with van der Waals surface area (Å²) in [7, 11) is -0.280. The molecule has 15 aromatic carbocycles. The summed E-state index contributed by atoms with van der Waals surface area (Å²) in [4.78, 5) is 20.6. The van der Waals surface area contributed by atoms with Crippen molar-refractivity contribution in [3.8, 4) is 5.75 Å². The topological polar surface area (TPSA) is 9.23 Å². The predicted molar refractivity (Wildman–Crippen MR) is 515 cm³/mol. The van der Waals surface area contributed by atoms with E-state index in [-0.39, 0.29) is 65.3 Å². The third-order valence-corrected chi connectivity index (χ3v) is 32.5. The first-order valence-electron chi connectivity index (χ1n) is 42.2. The minimum atomic E-state index is -0.0963. The zero-order valence-corrected chi connectivity index (χ0v) is 75.9. The third-order valence-electron chi connectivity index (χ3n) is 21.0. The van der Waals surface area contributed by atoms with Crippen LogP contribution in [-0.2, 0) is 65.3 Å². The van der Waals surface area contributed by atoms with Gasteiger partial charge >= 0.3 is 0 Å². The van der Waals surface area contributed by atoms with E-state index in [1.54, 1.807) is 0 Å². The standard InChI is InChI=1S/C27H33S.C24H25S.C22H23OS.2C20H19S/c1-20-19-22(27(5,6)7)15-18-25(20)28(23-11-9-8-10-12-23)24-16-13-21(14-17-24)26(2,3)4;1-4-10-20(11-5-1)21-16-18-24(19-17-21)25(22-12-6-2-7-13-22)23-14-8-3-9-15-23;1-2-3-18-23-19-14-16-22(17-15-19)24(20-10-6-4-7-11-20)21-12-8-5-9-13-21;1-16-13-17(2)15-20(14-16)21(18-9-5-3-6-10-18)19-11-7-4-8-12-19;1-16-13-14-20(17(2)15-16)21(18-9-5-3-6-10-18)19-11-7-4-8-12-19/h8-19H,1-7H3;2-3,6-9,12-20H,1,4-5,10-11H2;4-17H,2-3,18H2,1H3;2*3-15H,1-2H3/q5*+1. The molecule has 1 saturated carbocycles. The first-order valence-corrected chi connectivity index (χ1v) is 48.4. The van der Waals surface area contributed by atoms with Crippen LogP contribution in [0.2, 0.25) is 0 Å². The van der Waals surface area contributed by atoms with Crippen LogP contribution < -0.4 is 4.74 Å². The normalized spacial score (nSPS) is 12.4. The number of unbranched alkanes of at least 4 members (excludes halogenated alkanes) is 1. The highest BCUT2D eigenvalue weighted by molar-refractivity contribution is 7.98. The minimum absolute atomic E-state index is 0.0278. The number of benzene rings is 15. The van der Waals surface area contributed by atoms with E-state index in [1.165, 1.54) is 150 Å². The van der Waals surface area contributed by atoms with Gasteiger partial charge in [0, 0.05) is 11.1 Å². The van der Waals surface area contributed by atoms with Gasteiger partial charge in [-0.1, -0.05) is 298 Å². The largest absolute Gasteiger partial charge is 0.494 e. The van der Waals surface area contributed by atoms with Gasteiger partial charge in [0.2, 0.25) is 0 Å². The zero-order chi connectivity index (χ0) is 83.4. The van der Waals surface area contributed by atoms with E-state index in [9.17, 15) is 0 Å². The van der Waals surface area contributed by atoms with E-state index >= 15 is 0 Å². The highest BCUT2D eigenvalue weighted by atomic mass is 32.2. The van der Waals surface area contributed by atoms with Gasteiger partial charge in [0.15, 0.2) is 73.4 Å². The third kappa shape index (κ3) is 25.2. The Morgan fingerprint density at radius 3 is 0.874 bits per heavy atom. The fourth-order valence-electron chi connectivity index (χ4n) is 14.8. The summed E-state index contributed by atoms with van der Waals surface area (Å²) in [5.41, 5.74) is 11.4. The molecular formula is C113H119OS5+5. The summed E-state index contributed by atoms with van der Waals surface area (Å²) < 4.78 is 5.80. The Morgan fingerprint density at radius 1 is 0.261 bits per heavy atom. The summed E-state index contributed by atoms with van der Waals surface area (Å²) >= 11 is 0. The molecule has 1 atom stereocenters. The lowest BCUT2D eigenvalue weighted by Crippen LogP contribution is -2.14. The average molecular weight is 1650 g/mol. The van der Waals surface area contributed by atoms with E-state index in [0.29, 0.717) is 0 Å². The van der Waals surface area contributed by atoms with Crippen LogP contribution >= 0.6 is 0 Å². The smallest absolute Gasteiger partial charge is 0.169 e. The van der Waals surface area contributed by atoms with Crippen molar-refractivity contribution in [2.45, 2.75) is 218 Å². The van der Waals surface area contributed by atoms with E-state index in [4.69, 9.17) is 4.74 Å². The van der Waals surface area contributed by atoms with E-state index in [2.05, 4.69) is 483 Å². The van der Waals surface area contributed by atoms with Crippen LogP contribution in [0.4, 0.5) is 0 Å². The molecule has 1 unspecified atom stereocenters. The molecule has 119 heavy (non-hydrogen) atoms. The minimum Gasteiger partial charge on any atom is -0.494 e. The number of rotatable bonds is 20. The Kier molecular flexibility index (Phi) is 32.8. The second kappa shape index (κ2) is 44.2. The molecule has 1 nitrogen and oxygen atoms in total. The number of hydrogen-bond acceptors (Lipinski definition) is 1. The molecule has 0 spiro atoms. The maximum Gasteiger partial charge on any atom is 0.169 e. The molecule has 602 valence electrons.